The fourth-order valence-electron chi connectivity index (χ4n) is 3.15. The molecule has 7 heteroatoms. The molecule has 146 valence electrons. The second-order valence-electron chi connectivity index (χ2n) is 6.84. The highest BCUT2D eigenvalue weighted by Crippen LogP contribution is 2.17. The second-order valence-corrected chi connectivity index (χ2v) is 8.16. The van der Waals surface area contributed by atoms with Crippen LogP contribution in [-0.2, 0) is 13.1 Å². The van der Waals surface area contributed by atoms with E-state index in [2.05, 4.69) is 56.5 Å². The second kappa shape index (κ2) is 10.3. The molecule has 0 amide bonds. The van der Waals surface area contributed by atoms with Crippen LogP contribution in [0.4, 0.5) is 5.82 Å². The van der Waals surface area contributed by atoms with Gasteiger partial charge in [-0.3, -0.25) is 0 Å². The van der Waals surface area contributed by atoms with E-state index in [0.717, 1.165) is 42.0 Å². The highest BCUT2D eigenvalue weighted by molar-refractivity contribution is 7.11. The Labute approximate surface area is 166 Å². The number of guanidine groups is 1. The van der Waals surface area contributed by atoms with E-state index in [-0.39, 0.29) is 0 Å². The molecule has 0 aliphatic carbocycles. The van der Waals surface area contributed by atoms with Crippen molar-refractivity contribution in [3.63, 3.8) is 0 Å². The number of hydrogen-bond donors (Lipinski definition) is 2. The molecule has 3 heterocycles. The zero-order valence-corrected chi connectivity index (χ0v) is 17.2. The van der Waals surface area contributed by atoms with Crippen LogP contribution in [0.3, 0.4) is 0 Å². The predicted molar refractivity (Wildman–Crippen MR) is 113 cm³/mol. The molecule has 1 fully saturated rings. The van der Waals surface area contributed by atoms with Crippen LogP contribution < -0.4 is 15.5 Å². The molecular weight excluding hydrogens is 356 g/mol. The fraction of sp³-hybridized carbons (Fsp3) is 0.550. The number of rotatable bonds is 6. The van der Waals surface area contributed by atoms with Gasteiger partial charge in [0.05, 0.1) is 13.1 Å². The van der Waals surface area contributed by atoms with E-state index in [1.165, 1.54) is 30.6 Å². The number of aliphatic imine (C=N–C) groups is 1. The number of aromatic nitrogens is 2. The Kier molecular flexibility index (Phi) is 7.45. The number of pyridine rings is 1. The molecule has 0 aromatic carbocycles. The van der Waals surface area contributed by atoms with E-state index in [9.17, 15) is 0 Å². The fourth-order valence-corrected chi connectivity index (χ4v) is 3.88. The maximum atomic E-state index is 4.68. The largest absolute Gasteiger partial charge is 0.357 e. The summed E-state index contributed by atoms with van der Waals surface area (Å²) < 4.78 is 0. The van der Waals surface area contributed by atoms with Gasteiger partial charge < -0.3 is 15.5 Å². The first kappa shape index (κ1) is 19.6. The Morgan fingerprint density at radius 2 is 1.93 bits per heavy atom. The number of hydrogen-bond acceptors (Lipinski definition) is 5. The summed E-state index contributed by atoms with van der Waals surface area (Å²) in [4.78, 5) is 17.4. The van der Waals surface area contributed by atoms with E-state index in [4.69, 9.17) is 0 Å². The molecule has 0 spiro atoms. The molecular formula is C20H30N6S. The van der Waals surface area contributed by atoms with Gasteiger partial charge in [0.1, 0.15) is 10.8 Å². The monoisotopic (exact) mass is 386 g/mol. The van der Waals surface area contributed by atoms with Crippen molar-refractivity contribution in [2.24, 2.45) is 4.99 Å². The van der Waals surface area contributed by atoms with Gasteiger partial charge in [-0.05, 0) is 38.3 Å². The van der Waals surface area contributed by atoms with Crippen LogP contribution in [-0.4, -0.2) is 35.6 Å². The third-order valence-corrected chi connectivity index (χ3v) is 5.49. The highest BCUT2D eigenvalue weighted by atomic mass is 32.1. The molecule has 27 heavy (non-hydrogen) atoms. The van der Waals surface area contributed by atoms with E-state index in [0.29, 0.717) is 13.1 Å². The Hall–Kier alpha value is -2.15. The third kappa shape index (κ3) is 6.20. The lowest BCUT2D eigenvalue weighted by atomic mass is 10.2. The third-order valence-electron chi connectivity index (χ3n) is 4.58. The maximum Gasteiger partial charge on any atom is 0.191 e. The average molecular weight is 387 g/mol. The lowest BCUT2D eigenvalue weighted by molar-refractivity contribution is 0.726. The van der Waals surface area contributed by atoms with E-state index in [1.54, 1.807) is 11.3 Å². The Balaban J connectivity index is 1.56. The Bertz CT molecular complexity index is 716. The first-order valence-electron chi connectivity index (χ1n) is 9.88. The van der Waals surface area contributed by atoms with Gasteiger partial charge in [-0.2, -0.15) is 0 Å². The lowest BCUT2D eigenvalue weighted by Crippen LogP contribution is -2.36. The molecule has 6 nitrogen and oxygen atoms in total. The molecule has 1 aliphatic rings. The minimum atomic E-state index is 0.611. The van der Waals surface area contributed by atoms with Gasteiger partial charge in [-0.1, -0.05) is 18.9 Å². The van der Waals surface area contributed by atoms with Crippen LogP contribution in [0.15, 0.2) is 29.5 Å². The van der Waals surface area contributed by atoms with Crippen molar-refractivity contribution in [3.8, 4) is 0 Å². The molecule has 2 aromatic heterocycles. The summed E-state index contributed by atoms with van der Waals surface area (Å²) in [5, 5.41) is 7.71. The summed E-state index contributed by atoms with van der Waals surface area (Å²) in [6.07, 6.45) is 9.07. The van der Waals surface area contributed by atoms with Gasteiger partial charge >= 0.3 is 0 Å². The van der Waals surface area contributed by atoms with E-state index >= 15 is 0 Å². The summed E-state index contributed by atoms with van der Waals surface area (Å²) >= 11 is 1.71. The standard InChI is InChI=1S/C20H30N6S/c1-3-21-20(25-15-19-23-12-16(2)27-19)24-14-17-8-9-18(22-13-17)26-10-6-4-5-7-11-26/h8-9,12-13H,3-7,10-11,14-15H2,1-2H3,(H2,21,24,25). The Morgan fingerprint density at radius 1 is 1.11 bits per heavy atom. The molecule has 0 saturated carbocycles. The van der Waals surface area contributed by atoms with Crippen LogP contribution in [0.25, 0.3) is 0 Å². The lowest BCUT2D eigenvalue weighted by Gasteiger charge is -2.21. The molecule has 0 atom stereocenters. The van der Waals surface area contributed by atoms with Crippen molar-refractivity contribution in [2.75, 3.05) is 24.5 Å². The first-order chi connectivity index (χ1) is 13.2. The molecule has 2 N–H and O–H groups in total. The SMILES string of the molecule is CCNC(=NCc1ccc(N2CCCCCC2)nc1)NCc1ncc(C)s1. The number of anilines is 1. The minimum Gasteiger partial charge on any atom is -0.357 e. The van der Waals surface area contributed by atoms with Gasteiger partial charge in [0.2, 0.25) is 0 Å². The van der Waals surface area contributed by atoms with Crippen molar-refractivity contribution < 1.29 is 0 Å². The van der Waals surface area contributed by atoms with Gasteiger partial charge in [0.15, 0.2) is 5.96 Å². The van der Waals surface area contributed by atoms with Gasteiger partial charge in [0, 0.05) is 36.9 Å². The average Bonchev–Trinajstić information content (AvgIpc) is 2.93. The summed E-state index contributed by atoms with van der Waals surface area (Å²) in [6.45, 7) is 8.51. The number of nitrogens with one attached hydrogen (secondary N) is 2. The maximum absolute atomic E-state index is 4.68. The first-order valence-corrected chi connectivity index (χ1v) is 10.7. The summed E-state index contributed by atoms with van der Waals surface area (Å²) in [6, 6.07) is 4.28. The highest BCUT2D eigenvalue weighted by Gasteiger charge is 2.10. The van der Waals surface area contributed by atoms with Crippen molar-refractivity contribution in [2.45, 2.75) is 52.6 Å². The van der Waals surface area contributed by atoms with Crippen LogP contribution in [0, 0.1) is 6.92 Å². The van der Waals surface area contributed by atoms with Gasteiger partial charge in [-0.15, -0.1) is 11.3 Å². The number of nitrogens with zero attached hydrogens (tertiary/aromatic N) is 4. The van der Waals surface area contributed by atoms with Crippen molar-refractivity contribution in [1.82, 2.24) is 20.6 Å². The smallest absolute Gasteiger partial charge is 0.191 e. The number of aryl methyl sites for hydroxylation is 1. The normalized spacial score (nSPS) is 15.5. The van der Waals surface area contributed by atoms with Crippen molar-refractivity contribution in [3.05, 3.63) is 40.0 Å². The van der Waals surface area contributed by atoms with E-state index < -0.39 is 0 Å². The topological polar surface area (TPSA) is 65.4 Å². The zero-order chi connectivity index (χ0) is 18.9. The van der Waals surface area contributed by atoms with Crippen LogP contribution in [0.5, 0.6) is 0 Å². The van der Waals surface area contributed by atoms with Gasteiger partial charge in [-0.25, -0.2) is 15.0 Å². The Morgan fingerprint density at radius 3 is 2.56 bits per heavy atom. The van der Waals surface area contributed by atoms with Gasteiger partial charge in [0.25, 0.3) is 0 Å². The van der Waals surface area contributed by atoms with E-state index in [1.807, 2.05) is 12.4 Å². The van der Waals surface area contributed by atoms with Crippen LogP contribution >= 0.6 is 11.3 Å². The predicted octanol–water partition coefficient (Wildman–Crippen LogP) is 3.48. The molecule has 0 bridgehead atoms. The van der Waals surface area contributed by atoms with Crippen molar-refractivity contribution >= 4 is 23.1 Å². The van der Waals surface area contributed by atoms with Crippen molar-refractivity contribution in [1.29, 1.82) is 0 Å². The summed E-state index contributed by atoms with van der Waals surface area (Å²) in [5.41, 5.74) is 1.12. The quantitative estimate of drug-likeness (QED) is 0.588. The molecule has 0 radical (unpaired) electrons. The molecule has 3 rings (SSSR count). The molecule has 2 aromatic rings. The summed E-state index contributed by atoms with van der Waals surface area (Å²) in [5.74, 6) is 1.90. The minimum absolute atomic E-state index is 0.611. The molecule has 0 unspecified atom stereocenters. The zero-order valence-electron chi connectivity index (χ0n) is 16.4. The number of thiazole rings is 1. The van der Waals surface area contributed by atoms with Crippen LogP contribution in [0.2, 0.25) is 0 Å². The molecule has 1 saturated heterocycles. The summed E-state index contributed by atoms with van der Waals surface area (Å²) in [7, 11) is 0. The molecule has 1 aliphatic heterocycles. The van der Waals surface area contributed by atoms with Crippen LogP contribution in [0.1, 0.15) is 48.1 Å².